The van der Waals surface area contributed by atoms with E-state index in [0.717, 1.165) is 18.8 Å². The quantitative estimate of drug-likeness (QED) is 0.144. The lowest BCUT2D eigenvalue weighted by Gasteiger charge is -2.36. The third-order valence-electron chi connectivity index (χ3n) is 6.80. The van der Waals surface area contributed by atoms with Gasteiger partial charge in [-0.3, -0.25) is 4.79 Å². The van der Waals surface area contributed by atoms with Gasteiger partial charge in [-0.15, -0.1) is 0 Å². The number of hydrogen-bond acceptors (Lipinski definition) is 3. The van der Waals surface area contributed by atoms with E-state index >= 15 is 0 Å². The Bertz CT molecular complexity index is 854. The van der Waals surface area contributed by atoms with Crippen molar-refractivity contribution in [3.63, 3.8) is 0 Å². The fourth-order valence-electron chi connectivity index (χ4n) is 3.47. The number of halogens is 1. The molecule has 0 radical (unpaired) electrons. The Balaban J connectivity index is 1.49. The van der Waals surface area contributed by atoms with Crippen LogP contribution in [0.5, 0.6) is 5.75 Å². The van der Waals surface area contributed by atoms with Crippen LogP contribution in [0.1, 0.15) is 88.1 Å². The molecule has 3 nitrogen and oxygen atoms in total. The Morgan fingerprint density at radius 1 is 0.735 bits per heavy atom. The van der Waals surface area contributed by atoms with Gasteiger partial charge in [-0.05, 0) is 79.5 Å². The second-order valence-corrected chi connectivity index (χ2v) is 15.5. The van der Waals surface area contributed by atoms with Crippen LogP contribution in [-0.2, 0) is 4.43 Å². The molecule has 0 aliphatic carbocycles. The fraction of sp³-hybridized carbons (Fsp3) is 0.552. The monoisotopic (exact) mass is 486 g/mol. The highest BCUT2D eigenvalue weighted by atomic mass is 28.4. The second-order valence-electron chi connectivity index (χ2n) is 10.6. The van der Waals surface area contributed by atoms with Gasteiger partial charge in [0.15, 0.2) is 14.1 Å². The van der Waals surface area contributed by atoms with E-state index in [4.69, 9.17) is 9.16 Å². The van der Waals surface area contributed by atoms with Gasteiger partial charge in [-0.1, -0.05) is 59.3 Å². The van der Waals surface area contributed by atoms with Crippen molar-refractivity contribution in [1.29, 1.82) is 0 Å². The van der Waals surface area contributed by atoms with Gasteiger partial charge >= 0.3 is 0 Å². The lowest BCUT2D eigenvalue weighted by molar-refractivity contribution is 0.103. The van der Waals surface area contributed by atoms with Crippen molar-refractivity contribution in [2.75, 3.05) is 13.2 Å². The van der Waals surface area contributed by atoms with Gasteiger partial charge in [0, 0.05) is 17.7 Å². The molecule has 2 aromatic rings. The van der Waals surface area contributed by atoms with Crippen LogP contribution in [0.2, 0.25) is 18.1 Å². The highest BCUT2D eigenvalue weighted by Gasteiger charge is 2.36. The Hall–Kier alpha value is -1.98. The number of carbonyl (C=O) groups excluding carboxylic acids is 1. The molecule has 0 fully saturated rings. The lowest BCUT2D eigenvalue weighted by atomic mass is 10.0. The average Bonchev–Trinajstić information content (AvgIpc) is 2.79. The zero-order valence-electron chi connectivity index (χ0n) is 21.8. The van der Waals surface area contributed by atoms with Crippen LogP contribution in [0, 0.1) is 5.82 Å². The Morgan fingerprint density at radius 2 is 1.18 bits per heavy atom. The minimum absolute atomic E-state index is 0.116. The maximum Gasteiger partial charge on any atom is 0.193 e. The Morgan fingerprint density at radius 3 is 1.68 bits per heavy atom. The van der Waals surface area contributed by atoms with Crippen molar-refractivity contribution in [3.8, 4) is 5.75 Å². The van der Waals surface area contributed by atoms with E-state index in [1.807, 2.05) is 12.1 Å². The number of hydrogen-bond donors (Lipinski definition) is 0. The SMILES string of the molecule is CC(C)(C)[Si](C)(C)OCCCCCCCCCCOc1ccc(C(=O)c2ccc(F)cc2)cc1. The molecule has 0 aromatic heterocycles. The molecule has 0 bridgehead atoms. The summed E-state index contributed by atoms with van der Waals surface area (Å²) >= 11 is 0. The van der Waals surface area contributed by atoms with Crippen LogP contribution in [0.4, 0.5) is 4.39 Å². The molecule has 188 valence electrons. The van der Waals surface area contributed by atoms with E-state index in [9.17, 15) is 9.18 Å². The average molecular weight is 487 g/mol. The Labute approximate surface area is 207 Å². The van der Waals surface area contributed by atoms with Gasteiger partial charge < -0.3 is 9.16 Å². The van der Waals surface area contributed by atoms with Crippen molar-refractivity contribution in [2.45, 2.75) is 90.3 Å². The molecule has 34 heavy (non-hydrogen) atoms. The topological polar surface area (TPSA) is 35.5 Å². The molecular formula is C29H43FO3Si. The summed E-state index contributed by atoms with van der Waals surface area (Å²) in [6.45, 7) is 13.1. The van der Waals surface area contributed by atoms with Gasteiger partial charge in [0.1, 0.15) is 11.6 Å². The summed E-state index contributed by atoms with van der Waals surface area (Å²) in [6.07, 6.45) is 9.77. The molecule has 0 atom stereocenters. The molecule has 0 aliphatic rings. The summed E-state index contributed by atoms with van der Waals surface area (Å²) < 4.78 is 25.1. The minimum Gasteiger partial charge on any atom is -0.494 e. The summed E-state index contributed by atoms with van der Waals surface area (Å²) in [6, 6.07) is 12.8. The van der Waals surface area contributed by atoms with Gasteiger partial charge in [0.2, 0.25) is 0 Å². The lowest BCUT2D eigenvalue weighted by Crippen LogP contribution is -2.40. The molecule has 0 heterocycles. The molecule has 0 N–H and O–H groups in total. The van der Waals surface area contributed by atoms with Crippen molar-refractivity contribution >= 4 is 14.1 Å². The molecule has 0 saturated heterocycles. The Kier molecular flexibility index (Phi) is 11.5. The predicted molar refractivity (Wildman–Crippen MR) is 142 cm³/mol. The molecule has 2 aromatic carbocycles. The van der Waals surface area contributed by atoms with Gasteiger partial charge in [0.25, 0.3) is 0 Å². The third kappa shape index (κ3) is 9.71. The summed E-state index contributed by atoms with van der Waals surface area (Å²) in [5.41, 5.74) is 1.06. The first kappa shape index (κ1) is 28.3. The molecule has 0 amide bonds. The van der Waals surface area contributed by atoms with E-state index in [0.29, 0.717) is 22.8 Å². The minimum atomic E-state index is -1.59. The van der Waals surface area contributed by atoms with Crippen LogP contribution < -0.4 is 4.74 Å². The fourth-order valence-corrected chi connectivity index (χ4v) is 4.56. The number of carbonyl (C=O) groups is 1. The number of unbranched alkanes of at least 4 members (excludes halogenated alkanes) is 7. The molecule has 0 saturated carbocycles. The maximum atomic E-state index is 13.0. The van der Waals surface area contributed by atoms with Crippen molar-refractivity contribution in [2.24, 2.45) is 0 Å². The summed E-state index contributed by atoms with van der Waals surface area (Å²) in [5, 5.41) is 0.296. The third-order valence-corrected chi connectivity index (χ3v) is 11.3. The molecular weight excluding hydrogens is 443 g/mol. The standard InChI is InChI=1S/C29H43FO3Si/c1-29(2,3)34(4,5)33-23-13-11-9-7-6-8-10-12-22-32-27-20-16-25(17-21-27)28(31)24-14-18-26(30)19-15-24/h14-21H,6-13,22-23H2,1-5H3. The van der Waals surface area contributed by atoms with Gasteiger partial charge in [-0.25, -0.2) is 4.39 Å². The highest BCUT2D eigenvalue weighted by molar-refractivity contribution is 6.74. The molecule has 0 unspecified atom stereocenters. The van der Waals surface area contributed by atoms with Crippen molar-refractivity contribution in [3.05, 3.63) is 65.5 Å². The van der Waals surface area contributed by atoms with E-state index < -0.39 is 8.32 Å². The summed E-state index contributed by atoms with van der Waals surface area (Å²) in [4.78, 5) is 12.4. The number of ketones is 1. The predicted octanol–water partition coefficient (Wildman–Crippen LogP) is 8.58. The van der Waals surface area contributed by atoms with Gasteiger partial charge in [-0.2, -0.15) is 0 Å². The number of rotatable bonds is 15. The first-order valence-electron chi connectivity index (χ1n) is 12.8. The summed E-state index contributed by atoms with van der Waals surface area (Å²) in [7, 11) is -1.59. The molecule has 0 aliphatic heterocycles. The smallest absolute Gasteiger partial charge is 0.193 e. The first-order chi connectivity index (χ1) is 16.1. The normalized spacial score (nSPS) is 12.1. The largest absolute Gasteiger partial charge is 0.494 e. The van der Waals surface area contributed by atoms with E-state index in [-0.39, 0.29) is 11.6 Å². The van der Waals surface area contributed by atoms with Gasteiger partial charge in [0.05, 0.1) is 6.61 Å². The van der Waals surface area contributed by atoms with Crippen molar-refractivity contribution < 1.29 is 18.3 Å². The molecule has 2 rings (SSSR count). The molecule has 0 spiro atoms. The van der Waals surface area contributed by atoms with E-state index in [2.05, 4.69) is 33.9 Å². The first-order valence-corrected chi connectivity index (χ1v) is 15.7. The number of benzene rings is 2. The van der Waals surface area contributed by atoms with Crippen LogP contribution in [0.25, 0.3) is 0 Å². The van der Waals surface area contributed by atoms with Crippen LogP contribution in [0.15, 0.2) is 48.5 Å². The number of ether oxygens (including phenoxy) is 1. The summed E-state index contributed by atoms with van der Waals surface area (Å²) in [5.74, 6) is 0.313. The van der Waals surface area contributed by atoms with E-state index in [1.165, 1.54) is 69.2 Å². The van der Waals surface area contributed by atoms with Crippen LogP contribution in [-0.4, -0.2) is 27.3 Å². The van der Waals surface area contributed by atoms with Crippen LogP contribution >= 0.6 is 0 Å². The van der Waals surface area contributed by atoms with Crippen molar-refractivity contribution in [1.82, 2.24) is 0 Å². The molecule has 5 heteroatoms. The zero-order valence-corrected chi connectivity index (χ0v) is 22.8. The highest BCUT2D eigenvalue weighted by Crippen LogP contribution is 2.36. The zero-order chi connectivity index (χ0) is 25.0. The van der Waals surface area contributed by atoms with Crippen LogP contribution in [0.3, 0.4) is 0 Å². The maximum absolute atomic E-state index is 13.0. The second kappa shape index (κ2) is 13.8. The van der Waals surface area contributed by atoms with E-state index in [1.54, 1.807) is 12.1 Å².